The predicted octanol–water partition coefficient (Wildman–Crippen LogP) is 0.640. The Morgan fingerprint density at radius 2 is 2.24 bits per heavy atom. The second-order valence-corrected chi connectivity index (χ2v) is 5.19. The largest absolute Gasteiger partial charge is 0.384 e. The summed E-state index contributed by atoms with van der Waals surface area (Å²) in [6, 6.07) is 3.73. The number of hydrogen-bond acceptors (Lipinski definition) is 4. The van der Waals surface area contributed by atoms with E-state index in [2.05, 4.69) is 34.0 Å². The molecule has 0 saturated carbocycles. The minimum absolute atomic E-state index is 0.164. The normalized spacial score (nSPS) is 16.1. The van der Waals surface area contributed by atoms with Gasteiger partial charge in [0.15, 0.2) is 0 Å². The van der Waals surface area contributed by atoms with Gasteiger partial charge in [-0.3, -0.25) is 9.69 Å². The maximum Gasteiger partial charge on any atom is 0.269 e. The molecule has 5 heteroatoms. The molecule has 5 nitrogen and oxygen atoms in total. The van der Waals surface area contributed by atoms with Gasteiger partial charge in [0.05, 0.1) is 0 Å². The van der Waals surface area contributed by atoms with E-state index in [1.165, 1.54) is 12.8 Å². The zero-order valence-corrected chi connectivity index (χ0v) is 12.3. The van der Waals surface area contributed by atoms with Crippen molar-refractivity contribution in [1.29, 1.82) is 0 Å². The summed E-state index contributed by atoms with van der Waals surface area (Å²) in [4.78, 5) is 18.5. The van der Waals surface area contributed by atoms with Gasteiger partial charge in [-0.15, -0.1) is 0 Å². The first kappa shape index (κ1) is 15.5. The van der Waals surface area contributed by atoms with Crippen molar-refractivity contribution in [2.45, 2.75) is 25.8 Å². The molecule has 21 heavy (non-hydrogen) atoms. The fraction of sp³-hybridized carbons (Fsp3) is 0.500. The van der Waals surface area contributed by atoms with E-state index in [1.54, 1.807) is 18.3 Å². The Morgan fingerprint density at radius 3 is 2.86 bits per heavy atom. The number of likely N-dealkylation sites (tertiary alicyclic amines) is 1. The summed E-state index contributed by atoms with van der Waals surface area (Å²) >= 11 is 0. The van der Waals surface area contributed by atoms with Crippen LogP contribution in [-0.4, -0.2) is 53.2 Å². The SMILES string of the molecule is CC(CNC(=O)c1ccc(C#CCO)cn1)N1CCCC1. The molecule has 1 aliphatic rings. The number of nitrogens with zero attached hydrogens (tertiary/aromatic N) is 2. The summed E-state index contributed by atoms with van der Waals surface area (Å²) in [5.41, 5.74) is 1.07. The molecule has 1 amide bonds. The maximum atomic E-state index is 12.0. The van der Waals surface area contributed by atoms with Crippen molar-refractivity contribution in [2.24, 2.45) is 0 Å². The number of carbonyl (C=O) groups is 1. The average Bonchev–Trinajstić information content (AvgIpc) is 3.05. The molecule has 1 aliphatic heterocycles. The fourth-order valence-electron chi connectivity index (χ4n) is 2.39. The van der Waals surface area contributed by atoms with Crippen LogP contribution in [0.25, 0.3) is 0 Å². The molecular weight excluding hydrogens is 266 g/mol. The monoisotopic (exact) mass is 287 g/mol. The molecule has 2 rings (SSSR count). The van der Waals surface area contributed by atoms with Gasteiger partial charge in [0.25, 0.3) is 5.91 Å². The van der Waals surface area contributed by atoms with Gasteiger partial charge in [-0.2, -0.15) is 0 Å². The summed E-state index contributed by atoms with van der Waals surface area (Å²) in [6.45, 7) is 4.82. The Labute approximate surface area is 125 Å². The van der Waals surface area contributed by atoms with Crippen LogP contribution < -0.4 is 5.32 Å². The number of amides is 1. The third-order valence-corrected chi connectivity index (χ3v) is 3.63. The Kier molecular flexibility index (Phi) is 5.73. The van der Waals surface area contributed by atoms with Crippen LogP contribution in [0.4, 0.5) is 0 Å². The zero-order chi connectivity index (χ0) is 15.1. The molecule has 1 unspecified atom stereocenters. The number of carbonyl (C=O) groups excluding carboxylic acids is 1. The number of pyridine rings is 1. The van der Waals surface area contributed by atoms with Crippen LogP contribution in [0.2, 0.25) is 0 Å². The molecular formula is C16H21N3O2. The molecule has 1 aromatic heterocycles. The zero-order valence-electron chi connectivity index (χ0n) is 12.3. The second-order valence-electron chi connectivity index (χ2n) is 5.19. The summed E-state index contributed by atoms with van der Waals surface area (Å²) in [5.74, 6) is 5.13. The molecule has 1 fully saturated rings. The number of rotatable bonds is 4. The predicted molar refractivity (Wildman–Crippen MR) is 80.8 cm³/mol. The van der Waals surface area contributed by atoms with Crippen LogP contribution in [0.1, 0.15) is 35.8 Å². The highest BCUT2D eigenvalue weighted by Crippen LogP contribution is 2.10. The minimum Gasteiger partial charge on any atom is -0.384 e. The van der Waals surface area contributed by atoms with Gasteiger partial charge < -0.3 is 10.4 Å². The van der Waals surface area contributed by atoms with Gasteiger partial charge in [-0.25, -0.2) is 4.98 Å². The molecule has 1 aromatic rings. The first-order chi connectivity index (χ1) is 10.2. The van der Waals surface area contributed by atoms with Gasteiger partial charge in [0, 0.05) is 24.3 Å². The lowest BCUT2D eigenvalue weighted by atomic mass is 10.2. The lowest BCUT2D eigenvalue weighted by Crippen LogP contribution is -2.40. The highest BCUT2D eigenvalue weighted by molar-refractivity contribution is 5.92. The van der Waals surface area contributed by atoms with E-state index < -0.39 is 0 Å². The Bertz CT molecular complexity index is 525. The Morgan fingerprint density at radius 1 is 1.48 bits per heavy atom. The van der Waals surface area contributed by atoms with Crippen molar-refractivity contribution >= 4 is 5.91 Å². The highest BCUT2D eigenvalue weighted by atomic mass is 16.2. The van der Waals surface area contributed by atoms with E-state index in [-0.39, 0.29) is 12.5 Å². The molecule has 1 atom stereocenters. The number of hydrogen-bond donors (Lipinski definition) is 2. The van der Waals surface area contributed by atoms with Crippen LogP contribution in [0.3, 0.4) is 0 Å². The molecule has 0 bridgehead atoms. The van der Waals surface area contributed by atoms with Crippen molar-refractivity contribution in [3.8, 4) is 11.8 Å². The lowest BCUT2D eigenvalue weighted by Gasteiger charge is -2.23. The molecule has 0 aromatic carbocycles. The van der Waals surface area contributed by atoms with E-state index in [4.69, 9.17) is 5.11 Å². The van der Waals surface area contributed by atoms with Gasteiger partial charge in [0.2, 0.25) is 0 Å². The van der Waals surface area contributed by atoms with Crippen molar-refractivity contribution in [3.05, 3.63) is 29.6 Å². The number of aromatic nitrogens is 1. The van der Waals surface area contributed by atoms with E-state index >= 15 is 0 Å². The fourth-order valence-corrected chi connectivity index (χ4v) is 2.39. The first-order valence-corrected chi connectivity index (χ1v) is 7.28. The van der Waals surface area contributed by atoms with E-state index in [1.807, 2.05) is 0 Å². The van der Waals surface area contributed by atoms with Crippen molar-refractivity contribution in [3.63, 3.8) is 0 Å². The third kappa shape index (κ3) is 4.55. The summed E-state index contributed by atoms with van der Waals surface area (Å²) in [5, 5.41) is 11.5. The quantitative estimate of drug-likeness (QED) is 0.798. The van der Waals surface area contributed by atoms with Crippen LogP contribution in [0.15, 0.2) is 18.3 Å². The first-order valence-electron chi connectivity index (χ1n) is 7.28. The number of aliphatic hydroxyl groups excluding tert-OH is 1. The third-order valence-electron chi connectivity index (χ3n) is 3.63. The molecule has 0 aliphatic carbocycles. The summed E-state index contributed by atoms with van der Waals surface area (Å²) in [7, 11) is 0. The van der Waals surface area contributed by atoms with Gasteiger partial charge in [-0.1, -0.05) is 11.8 Å². The minimum atomic E-state index is -0.184. The lowest BCUT2D eigenvalue weighted by molar-refractivity contribution is 0.0935. The van der Waals surface area contributed by atoms with Gasteiger partial charge in [0.1, 0.15) is 12.3 Å². The van der Waals surface area contributed by atoms with Gasteiger partial charge in [-0.05, 0) is 45.0 Å². The van der Waals surface area contributed by atoms with Crippen LogP contribution >= 0.6 is 0 Å². The van der Waals surface area contributed by atoms with Crippen LogP contribution in [-0.2, 0) is 0 Å². The molecule has 2 N–H and O–H groups in total. The van der Waals surface area contributed by atoms with Crippen molar-refractivity contribution in [2.75, 3.05) is 26.2 Å². The molecule has 0 spiro atoms. The number of nitrogens with one attached hydrogen (secondary N) is 1. The van der Waals surface area contributed by atoms with Crippen LogP contribution in [0.5, 0.6) is 0 Å². The molecule has 1 saturated heterocycles. The maximum absolute atomic E-state index is 12.0. The molecule has 2 heterocycles. The summed E-state index contributed by atoms with van der Waals surface area (Å²) in [6.07, 6.45) is 4.04. The summed E-state index contributed by atoms with van der Waals surface area (Å²) < 4.78 is 0. The van der Waals surface area contributed by atoms with Crippen molar-refractivity contribution < 1.29 is 9.90 Å². The van der Waals surface area contributed by atoms with Crippen molar-refractivity contribution in [1.82, 2.24) is 15.2 Å². The van der Waals surface area contributed by atoms with Gasteiger partial charge >= 0.3 is 0 Å². The molecule has 112 valence electrons. The highest BCUT2D eigenvalue weighted by Gasteiger charge is 2.18. The smallest absolute Gasteiger partial charge is 0.269 e. The Balaban J connectivity index is 1.85. The van der Waals surface area contributed by atoms with E-state index in [9.17, 15) is 4.79 Å². The molecule has 0 radical (unpaired) electrons. The topological polar surface area (TPSA) is 65.5 Å². The van der Waals surface area contributed by atoms with E-state index in [0.717, 1.165) is 13.1 Å². The Hall–Kier alpha value is -1.90. The van der Waals surface area contributed by atoms with Crippen LogP contribution in [0, 0.1) is 11.8 Å². The number of aliphatic hydroxyl groups is 1. The average molecular weight is 287 g/mol. The van der Waals surface area contributed by atoms with E-state index in [0.29, 0.717) is 23.8 Å². The second kappa shape index (κ2) is 7.77. The standard InChI is InChI=1S/C16H21N3O2/c1-13(19-8-2-3-9-19)11-18-16(21)15-7-6-14(12-17-15)5-4-10-20/h6-7,12-13,20H,2-3,8-11H2,1H3,(H,18,21).